The monoisotopic (exact) mass is 378 g/mol. The van der Waals surface area contributed by atoms with E-state index in [0.29, 0.717) is 6.42 Å². The summed E-state index contributed by atoms with van der Waals surface area (Å²) in [6.45, 7) is 2.26. The molecule has 1 N–H and O–H groups in total. The average Bonchev–Trinajstić information content (AvgIpc) is 2.57. The zero-order valence-corrected chi connectivity index (χ0v) is 17.5. The lowest BCUT2D eigenvalue weighted by molar-refractivity contribution is 0.0899. The van der Waals surface area contributed by atoms with Gasteiger partial charge in [-0.05, 0) is 12.8 Å². The fourth-order valence-electron chi connectivity index (χ4n) is 3.23. The van der Waals surface area contributed by atoms with E-state index in [4.69, 9.17) is 9.29 Å². The Kier molecular flexibility index (Phi) is 17.2. The molecule has 1 unspecified atom stereocenters. The highest BCUT2D eigenvalue weighted by Gasteiger charge is 2.12. The van der Waals surface area contributed by atoms with Crippen LogP contribution in [0.2, 0.25) is 0 Å². The maximum Gasteiger partial charge on any atom is 0.264 e. The predicted molar refractivity (Wildman–Crippen MR) is 107 cm³/mol. The van der Waals surface area contributed by atoms with Crippen molar-refractivity contribution < 1.29 is 17.7 Å². The second-order valence-electron chi connectivity index (χ2n) is 7.32. The van der Waals surface area contributed by atoms with Crippen molar-refractivity contribution in [2.75, 3.05) is 12.9 Å². The molecule has 25 heavy (non-hydrogen) atoms. The molecule has 0 aliphatic rings. The molecule has 0 radical (unpaired) electrons. The second kappa shape index (κ2) is 17.3. The smallest absolute Gasteiger partial charge is 0.264 e. The molecule has 4 nitrogen and oxygen atoms in total. The van der Waals surface area contributed by atoms with Gasteiger partial charge in [-0.2, -0.15) is 8.42 Å². The van der Waals surface area contributed by atoms with E-state index in [2.05, 4.69) is 6.92 Å². The lowest BCUT2D eigenvalue weighted by Crippen LogP contribution is -2.16. The average molecular weight is 379 g/mol. The van der Waals surface area contributed by atoms with Crippen LogP contribution in [0.15, 0.2) is 0 Å². The molecule has 0 spiro atoms. The Morgan fingerprint density at radius 3 is 1.48 bits per heavy atom. The van der Waals surface area contributed by atoms with Crippen LogP contribution in [0.5, 0.6) is 0 Å². The summed E-state index contributed by atoms with van der Waals surface area (Å²) in [6, 6.07) is 0. The Bertz CT molecular complexity index is 368. The first-order valence-electron chi connectivity index (χ1n) is 10.5. The molecule has 0 rings (SSSR count). The topological polar surface area (TPSA) is 63.6 Å². The van der Waals surface area contributed by atoms with Crippen LogP contribution in [0.25, 0.3) is 0 Å². The van der Waals surface area contributed by atoms with Gasteiger partial charge in [-0.15, -0.1) is 0 Å². The number of methoxy groups -OCH3 is 1. The van der Waals surface area contributed by atoms with Crippen molar-refractivity contribution in [3.8, 4) is 0 Å². The van der Waals surface area contributed by atoms with Crippen LogP contribution in [-0.4, -0.2) is 31.9 Å². The van der Waals surface area contributed by atoms with Gasteiger partial charge in [0.2, 0.25) is 0 Å². The molecule has 1 atom stereocenters. The molecule has 0 aliphatic heterocycles. The lowest BCUT2D eigenvalue weighted by atomic mass is 10.0. The molecule has 0 aliphatic carbocycles. The molecule has 0 saturated carbocycles. The first kappa shape index (κ1) is 24.9. The zero-order chi connectivity index (χ0) is 18.8. The Morgan fingerprint density at radius 1 is 0.720 bits per heavy atom. The highest BCUT2D eigenvalue weighted by molar-refractivity contribution is 7.85. The van der Waals surface area contributed by atoms with Crippen LogP contribution in [0.4, 0.5) is 0 Å². The number of unbranched alkanes of at least 4 members (excludes halogenated alkanes) is 13. The van der Waals surface area contributed by atoms with Gasteiger partial charge in [0.25, 0.3) is 10.1 Å². The molecule has 5 heteroatoms. The van der Waals surface area contributed by atoms with Crippen LogP contribution in [-0.2, 0) is 14.9 Å². The summed E-state index contributed by atoms with van der Waals surface area (Å²) < 4.78 is 35.6. The number of hydrogen-bond donors (Lipinski definition) is 1. The molecular formula is C20H42O4S. The quantitative estimate of drug-likeness (QED) is 0.216. The van der Waals surface area contributed by atoms with Gasteiger partial charge >= 0.3 is 0 Å². The highest BCUT2D eigenvalue weighted by Crippen LogP contribution is 2.15. The van der Waals surface area contributed by atoms with Crippen molar-refractivity contribution in [1.29, 1.82) is 0 Å². The number of hydrogen-bond acceptors (Lipinski definition) is 3. The zero-order valence-electron chi connectivity index (χ0n) is 16.7. The van der Waals surface area contributed by atoms with Crippen molar-refractivity contribution in [2.45, 2.75) is 116 Å². The molecule has 0 bridgehead atoms. The molecule has 0 heterocycles. The maximum atomic E-state index is 10.8. The number of rotatable bonds is 19. The molecule has 0 aromatic carbocycles. The van der Waals surface area contributed by atoms with Gasteiger partial charge < -0.3 is 4.74 Å². The summed E-state index contributed by atoms with van der Waals surface area (Å²) in [7, 11) is -2.26. The summed E-state index contributed by atoms with van der Waals surface area (Å²) in [5.74, 6) is -0.204. The maximum absolute atomic E-state index is 10.8. The van der Waals surface area contributed by atoms with E-state index in [0.717, 1.165) is 12.8 Å². The minimum Gasteiger partial charge on any atom is -0.381 e. The minimum absolute atomic E-state index is 0.0562. The van der Waals surface area contributed by atoms with Crippen LogP contribution in [0.3, 0.4) is 0 Å². The summed E-state index contributed by atoms with van der Waals surface area (Å²) in [5.41, 5.74) is 0. The van der Waals surface area contributed by atoms with Crippen LogP contribution < -0.4 is 0 Å². The van der Waals surface area contributed by atoms with Gasteiger partial charge in [-0.25, -0.2) is 0 Å². The minimum atomic E-state index is -3.87. The second-order valence-corrected chi connectivity index (χ2v) is 8.89. The van der Waals surface area contributed by atoms with E-state index in [1.807, 2.05) is 0 Å². The van der Waals surface area contributed by atoms with E-state index in [-0.39, 0.29) is 11.9 Å². The van der Waals surface area contributed by atoms with Crippen molar-refractivity contribution in [3.05, 3.63) is 0 Å². The van der Waals surface area contributed by atoms with Gasteiger partial charge in [-0.3, -0.25) is 4.55 Å². The van der Waals surface area contributed by atoms with E-state index >= 15 is 0 Å². The van der Waals surface area contributed by atoms with Crippen LogP contribution in [0, 0.1) is 0 Å². The molecular weight excluding hydrogens is 336 g/mol. The Morgan fingerprint density at radius 2 is 1.12 bits per heavy atom. The molecule has 0 aromatic rings. The molecule has 0 amide bonds. The Hall–Kier alpha value is -0.130. The van der Waals surface area contributed by atoms with E-state index in [1.54, 1.807) is 7.11 Å². The van der Waals surface area contributed by atoms with Crippen molar-refractivity contribution in [2.24, 2.45) is 0 Å². The summed E-state index contributed by atoms with van der Waals surface area (Å²) in [4.78, 5) is 0. The summed E-state index contributed by atoms with van der Waals surface area (Å²) in [6.07, 6.45) is 19.9. The third-order valence-electron chi connectivity index (χ3n) is 4.91. The fraction of sp³-hybridized carbons (Fsp3) is 1.00. The Balaban J connectivity index is 3.29. The van der Waals surface area contributed by atoms with Gasteiger partial charge in [0.05, 0.1) is 11.9 Å². The van der Waals surface area contributed by atoms with Gasteiger partial charge in [-0.1, -0.05) is 96.8 Å². The van der Waals surface area contributed by atoms with Gasteiger partial charge in [0.1, 0.15) is 0 Å². The van der Waals surface area contributed by atoms with E-state index in [9.17, 15) is 8.42 Å². The molecule has 0 fully saturated rings. The largest absolute Gasteiger partial charge is 0.381 e. The predicted octanol–water partition coefficient (Wildman–Crippen LogP) is 6.15. The third-order valence-corrected chi connectivity index (χ3v) is 5.66. The molecule has 152 valence electrons. The Labute approximate surface area is 156 Å². The van der Waals surface area contributed by atoms with Gasteiger partial charge in [0, 0.05) is 7.11 Å². The standard InChI is InChI=1S/C20H42O4S/c1-3-4-5-6-7-8-9-10-11-12-13-14-15-16-17-20(24-2)18-19-25(21,22)23/h20H,3-19H2,1-2H3,(H,21,22,23). The molecule has 0 aromatic heterocycles. The van der Waals surface area contributed by atoms with Crippen molar-refractivity contribution in [1.82, 2.24) is 0 Å². The highest BCUT2D eigenvalue weighted by atomic mass is 32.2. The van der Waals surface area contributed by atoms with Gasteiger partial charge in [0.15, 0.2) is 0 Å². The van der Waals surface area contributed by atoms with E-state index in [1.165, 1.54) is 83.5 Å². The number of ether oxygens (including phenoxy) is 1. The van der Waals surface area contributed by atoms with Crippen molar-refractivity contribution >= 4 is 10.1 Å². The van der Waals surface area contributed by atoms with E-state index < -0.39 is 10.1 Å². The van der Waals surface area contributed by atoms with Crippen LogP contribution >= 0.6 is 0 Å². The lowest BCUT2D eigenvalue weighted by Gasteiger charge is -2.14. The van der Waals surface area contributed by atoms with Crippen molar-refractivity contribution in [3.63, 3.8) is 0 Å². The first-order chi connectivity index (χ1) is 12.0. The van der Waals surface area contributed by atoms with Crippen LogP contribution in [0.1, 0.15) is 110 Å². The summed E-state index contributed by atoms with van der Waals surface area (Å²) >= 11 is 0. The normalized spacial score (nSPS) is 13.2. The summed E-state index contributed by atoms with van der Waals surface area (Å²) in [5, 5.41) is 0. The third kappa shape index (κ3) is 20.0. The molecule has 0 saturated heterocycles. The first-order valence-corrected chi connectivity index (χ1v) is 12.1. The fourth-order valence-corrected chi connectivity index (χ4v) is 3.79. The SMILES string of the molecule is CCCCCCCCCCCCCCCCC(CCS(=O)(=O)O)OC.